The average molecular weight is 569 g/mol. The van der Waals surface area contributed by atoms with E-state index < -0.39 is 7.54 Å². The van der Waals surface area contributed by atoms with E-state index in [1.165, 1.54) is 18.5 Å². The second-order valence-corrected chi connectivity index (χ2v) is 16.0. The summed E-state index contributed by atoms with van der Waals surface area (Å²) in [5, 5.41) is 0. The third kappa shape index (κ3) is 30.9. The van der Waals surface area contributed by atoms with Crippen molar-refractivity contribution in [3.05, 3.63) is 30.3 Å². The van der Waals surface area contributed by atoms with Gasteiger partial charge in [-0.15, -0.1) is 23.8 Å². The largest absolute Gasteiger partial charge is 0.762 e. The molecule has 1 saturated heterocycles. The van der Waals surface area contributed by atoms with Gasteiger partial charge in [0.05, 0.1) is 0 Å². The van der Waals surface area contributed by atoms with Gasteiger partial charge in [0.2, 0.25) is 0 Å². The molecule has 0 spiro atoms. The Bertz CT molecular complexity index is 381. The molecule has 0 aliphatic carbocycles. The van der Waals surface area contributed by atoms with Crippen molar-refractivity contribution in [1.82, 2.24) is 0 Å². The first kappa shape index (κ1) is 38.5. The van der Waals surface area contributed by atoms with E-state index in [1.807, 2.05) is 44.2 Å². The second kappa shape index (κ2) is 31.0. The zero-order chi connectivity index (χ0) is 24.5. The molecule has 1 aliphatic rings. The quantitative estimate of drug-likeness (QED) is 0.196. The van der Waals surface area contributed by atoms with Gasteiger partial charge in [0.15, 0.2) is 0 Å². The summed E-state index contributed by atoms with van der Waals surface area (Å²) in [6.07, 6.45) is 18.7. The molecule has 0 radical (unpaired) electrons. The van der Waals surface area contributed by atoms with E-state index in [9.17, 15) is 12.9 Å². The van der Waals surface area contributed by atoms with Crippen LogP contribution in [-0.2, 0) is 21.8 Å². The van der Waals surface area contributed by atoms with Crippen LogP contribution in [0.15, 0.2) is 30.3 Å². The van der Waals surface area contributed by atoms with E-state index in [4.69, 9.17) is 4.74 Å². The summed E-state index contributed by atoms with van der Waals surface area (Å²) in [7, 11) is -2.44. The van der Waals surface area contributed by atoms with Crippen LogP contribution in [0.2, 0.25) is 0 Å². The van der Waals surface area contributed by atoms with E-state index in [0.717, 1.165) is 13.2 Å². The normalized spacial score (nSPS) is 21.0. The van der Waals surface area contributed by atoms with Crippen LogP contribution in [0.25, 0.3) is 0 Å². The van der Waals surface area contributed by atoms with Crippen LogP contribution in [0.4, 0.5) is 12.9 Å². The standard InChI is InChI=1S/C15H33P3.C5H5.C4H10O.BF3.Fe/c1-4-16-10-7-12-17(5-2)14-9-15-18(6-3)13-8-11-16;1-2-4-5-3-1;1-3-5-4-2;2-1(3)4;/h4-15H2,1-3H3;1-5H;3-4H2,1-2H3;;/q;-1;;;. The molecule has 1 nitrogen and oxygen atoms in total. The van der Waals surface area contributed by atoms with Gasteiger partial charge in [-0.3, -0.25) is 12.9 Å². The molecule has 0 amide bonds. The Kier molecular flexibility index (Phi) is 36.2. The topological polar surface area (TPSA) is 9.23 Å². The van der Waals surface area contributed by atoms with Gasteiger partial charge in [0.1, 0.15) is 0 Å². The fraction of sp³-hybridized carbons (Fsp3) is 0.792. The monoisotopic (exact) mass is 569 g/mol. The predicted octanol–water partition coefficient (Wildman–Crippen LogP) is 9.00. The Morgan fingerprint density at radius 2 is 0.939 bits per heavy atom. The molecule has 2 rings (SSSR count). The Balaban J connectivity index is -0.000000487. The molecule has 1 aromatic rings. The molecule has 0 aromatic heterocycles. The van der Waals surface area contributed by atoms with E-state index in [2.05, 4.69) is 20.8 Å². The molecule has 1 aromatic carbocycles. The molecule has 0 N–H and O–H groups in total. The van der Waals surface area contributed by atoms with Crippen molar-refractivity contribution in [2.45, 2.75) is 53.9 Å². The zero-order valence-electron chi connectivity index (χ0n) is 21.6. The SMILES string of the molecule is CCOCC.CCP1CCCP(CC)CCCP(CC)CCC1.FB(F)F.[Fe].c1cc[cH-]c1. The third-order valence-corrected chi connectivity index (χ3v) is 13.5. The summed E-state index contributed by atoms with van der Waals surface area (Å²) < 4.78 is 33.8. The molecule has 0 unspecified atom stereocenters. The number of hydrogen-bond acceptors (Lipinski definition) is 1. The van der Waals surface area contributed by atoms with Crippen LogP contribution in [0.1, 0.15) is 53.9 Å². The molecule has 33 heavy (non-hydrogen) atoms. The van der Waals surface area contributed by atoms with Crippen molar-refractivity contribution >= 4 is 31.3 Å². The maximum absolute atomic E-state index is 9.67. The Labute approximate surface area is 218 Å². The fourth-order valence-corrected chi connectivity index (χ4v) is 10.3. The summed E-state index contributed by atoms with van der Waals surface area (Å²) in [6, 6.07) is 10.0. The zero-order valence-corrected chi connectivity index (χ0v) is 25.4. The molecule has 0 bridgehead atoms. The maximum atomic E-state index is 9.67. The summed E-state index contributed by atoms with van der Waals surface area (Å²) in [5.41, 5.74) is 0. The molecule has 1 fully saturated rings. The van der Waals surface area contributed by atoms with Crippen LogP contribution >= 0.6 is 23.8 Å². The first-order chi connectivity index (χ1) is 15.4. The van der Waals surface area contributed by atoms with Gasteiger partial charge in [-0.1, -0.05) is 20.8 Å². The van der Waals surface area contributed by atoms with E-state index in [-0.39, 0.29) is 17.1 Å². The van der Waals surface area contributed by atoms with E-state index >= 15 is 0 Å². The van der Waals surface area contributed by atoms with Crippen LogP contribution in [0.3, 0.4) is 0 Å². The van der Waals surface area contributed by atoms with Crippen molar-refractivity contribution < 1.29 is 34.8 Å². The van der Waals surface area contributed by atoms with E-state index in [1.54, 1.807) is 56.2 Å². The molecule has 9 heteroatoms. The minimum atomic E-state index is -3.67. The van der Waals surface area contributed by atoms with E-state index in [0.29, 0.717) is 23.8 Å². The van der Waals surface area contributed by atoms with Gasteiger partial charge in [-0.2, -0.15) is 18.2 Å². The van der Waals surface area contributed by atoms with Gasteiger partial charge in [0.25, 0.3) is 0 Å². The first-order valence-electron chi connectivity index (χ1n) is 12.3. The van der Waals surface area contributed by atoms with Crippen LogP contribution in [0, 0.1) is 0 Å². The number of hydrogen-bond donors (Lipinski definition) is 0. The smallest absolute Gasteiger partial charge is 0.382 e. The predicted molar refractivity (Wildman–Crippen MR) is 149 cm³/mol. The Morgan fingerprint density at radius 1 is 0.667 bits per heavy atom. The third-order valence-electron chi connectivity index (χ3n) is 5.15. The molecular weight excluding hydrogens is 521 g/mol. The number of rotatable bonds is 5. The van der Waals surface area contributed by atoms with Gasteiger partial charge in [-0.25, -0.2) is 12.1 Å². The fourth-order valence-electron chi connectivity index (χ4n) is 3.36. The summed E-state index contributed by atoms with van der Waals surface area (Å²) in [4.78, 5) is 0. The molecule has 198 valence electrons. The van der Waals surface area contributed by atoms with Gasteiger partial charge >= 0.3 is 7.54 Å². The van der Waals surface area contributed by atoms with Crippen LogP contribution in [-0.4, -0.2) is 76.2 Å². The minimum Gasteiger partial charge on any atom is -0.382 e. The minimum absolute atomic E-state index is 0. The number of halogens is 3. The summed E-state index contributed by atoms with van der Waals surface area (Å²) in [6.45, 7) is 13.0. The van der Waals surface area contributed by atoms with Gasteiger partial charge < -0.3 is 4.74 Å². The Morgan fingerprint density at radius 3 is 1.06 bits per heavy atom. The van der Waals surface area contributed by atoms with Crippen LogP contribution in [0.5, 0.6) is 0 Å². The van der Waals surface area contributed by atoms with Crippen molar-refractivity contribution in [2.75, 3.05) is 68.7 Å². The van der Waals surface area contributed by atoms with Crippen LogP contribution < -0.4 is 0 Å². The summed E-state index contributed by atoms with van der Waals surface area (Å²) in [5.74, 6) is 0. The maximum Gasteiger partial charge on any atom is 0.762 e. The van der Waals surface area contributed by atoms with Crippen molar-refractivity contribution in [3.8, 4) is 0 Å². The van der Waals surface area contributed by atoms with Gasteiger partial charge in [0, 0.05) is 30.3 Å². The van der Waals surface area contributed by atoms with Crippen molar-refractivity contribution in [3.63, 3.8) is 0 Å². The average Bonchev–Trinajstić information content (AvgIpc) is 3.35. The van der Waals surface area contributed by atoms with Gasteiger partial charge in [-0.05, 0) is 88.6 Å². The van der Waals surface area contributed by atoms with Crippen molar-refractivity contribution in [2.24, 2.45) is 0 Å². The molecule has 0 atom stereocenters. The second-order valence-electron chi connectivity index (χ2n) is 7.35. The Hall–Kier alpha value is 0.974. The molecular formula is C24H48BF3FeOP3-. The molecule has 1 aliphatic heterocycles. The summed E-state index contributed by atoms with van der Waals surface area (Å²) >= 11 is 0. The first-order valence-corrected chi connectivity index (χ1v) is 18.0. The number of ether oxygens (including phenoxy) is 1. The van der Waals surface area contributed by atoms with Crippen molar-refractivity contribution in [1.29, 1.82) is 0 Å². The molecule has 1 heterocycles. The molecule has 0 saturated carbocycles.